The van der Waals surface area contributed by atoms with Gasteiger partial charge in [0.2, 0.25) is 0 Å². The first kappa shape index (κ1) is 11.4. The molecule has 5 heteroatoms. The topological polar surface area (TPSA) is 35.2 Å². The van der Waals surface area contributed by atoms with Gasteiger partial charge >= 0.3 is 6.36 Å². The maximum atomic E-state index is 11.9. The molecule has 0 unspecified atom stereocenters. The van der Waals surface area contributed by atoms with E-state index < -0.39 is 6.36 Å². The Morgan fingerprint density at radius 3 is 2.53 bits per heavy atom. The SMILES string of the molecule is CC=Cc1cc(OC(F)(F)F)ccc1N. The summed E-state index contributed by atoms with van der Waals surface area (Å²) in [5.74, 6) is -0.273. The van der Waals surface area contributed by atoms with Crippen molar-refractivity contribution < 1.29 is 17.9 Å². The molecule has 82 valence electrons. The van der Waals surface area contributed by atoms with E-state index in [1.54, 1.807) is 19.1 Å². The van der Waals surface area contributed by atoms with Crippen molar-refractivity contribution in [1.82, 2.24) is 0 Å². The Balaban J connectivity index is 2.97. The molecule has 0 saturated heterocycles. The minimum absolute atomic E-state index is 0.273. The van der Waals surface area contributed by atoms with E-state index in [9.17, 15) is 13.2 Å². The number of anilines is 1. The summed E-state index contributed by atoms with van der Waals surface area (Å²) in [4.78, 5) is 0. The third-order valence-corrected chi connectivity index (χ3v) is 1.64. The Hall–Kier alpha value is -1.65. The maximum Gasteiger partial charge on any atom is 0.573 e. The number of hydrogen-bond donors (Lipinski definition) is 1. The van der Waals surface area contributed by atoms with Crippen LogP contribution in [0.2, 0.25) is 0 Å². The molecule has 1 aromatic carbocycles. The number of nitrogen functional groups attached to an aromatic ring is 1. The van der Waals surface area contributed by atoms with Gasteiger partial charge in [0.25, 0.3) is 0 Å². The van der Waals surface area contributed by atoms with Crippen molar-refractivity contribution in [2.24, 2.45) is 0 Å². The summed E-state index contributed by atoms with van der Waals surface area (Å²) in [6.07, 6.45) is -1.38. The van der Waals surface area contributed by atoms with E-state index in [4.69, 9.17) is 5.73 Å². The van der Waals surface area contributed by atoms with Crippen molar-refractivity contribution in [3.63, 3.8) is 0 Å². The lowest BCUT2D eigenvalue weighted by molar-refractivity contribution is -0.274. The van der Waals surface area contributed by atoms with Crippen LogP contribution in [-0.2, 0) is 0 Å². The van der Waals surface area contributed by atoms with E-state index in [2.05, 4.69) is 4.74 Å². The van der Waals surface area contributed by atoms with Gasteiger partial charge in [-0.15, -0.1) is 13.2 Å². The van der Waals surface area contributed by atoms with Gasteiger partial charge in [0, 0.05) is 11.3 Å². The van der Waals surface area contributed by atoms with Crippen LogP contribution in [0.4, 0.5) is 18.9 Å². The third kappa shape index (κ3) is 3.53. The molecule has 0 bridgehead atoms. The zero-order valence-corrected chi connectivity index (χ0v) is 8.01. The number of alkyl halides is 3. The van der Waals surface area contributed by atoms with Gasteiger partial charge in [-0.1, -0.05) is 12.2 Å². The second-order valence-electron chi connectivity index (χ2n) is 2.84. The molecule has 0 saturated carbocycles. The fraction of sp³-hybridized carbons (Fsp3) is 0.200. The Labute approximate surface area is 85.2 Å². The Morgan fingerprint density at radius 1 is 1.33 bits per heavy atom. The number of rotatable bonds is 2. The van der Waals surface area contributed by atoms with Crippen LogP contribution < -0.4 is 10.5 Å². The number of ether oxygens (including phenoxy) is 1. The van der Waals surface area contributed by atoms with Gasteiger partial charge < -0.3 is 10.5 Å². The molecule has 2 N–H and O–H groups in total. The monoisotopic (exact) mass is 217 g/mol. The Bertz CT molecular complexity index is 371. The quantitative estimate of drug-likeness (QED) is 0.772. The number of allylic oxidation sites excluding steroid dienone is 1. The largest absolute Gasteiger partial charge is 0.573 e. The summed E-state index contributed by atoms with van der Waals surface area (Å²) < 4.78 is 39.4. The molecule has 0 heterocycles. The van der Waals surface area contributed by atoms with Gasteiger partial charge in [0.1, 0.15) is 5.75 Å². The van der Waals surface area contributed by atoms with Crippen molar-refractivity contribution in [2.75, 3.05) is 5.73 Å². The lowest BCUT2D eigenvalue weighted by atomic mass is 10.1. The van der Waals surface area contributed by atoms with Crippen LogP contribution in [0.5, 0.6) is 5.75 Å². The second kappa shape index (κ2) is 4.25. The van der Waals surface area contributed by atoms with Crippen LogP contribution in [0.3, 0.4) is 0 Å². The van der Waals surface area contributed by atoms with Gasteiger partial charge in [-0.25, -0.2) is 0 Å². The standard InChI is InChI=1S/C10H10F3NO/c1-2-3-7-6-8(4-5-9(7)14)15-10(11,12)13/h2-6H,14H2,1H3. The first-order chi connectivity index (χ1) is 6.92. The maximum absolute atomic E-state index is 11.9. The minimum Gasteiger partial charge on any atom is -0.406 e. The molecular weight excluding hydrogens is 207 g/mol. The summed E-state index contributed by atoms with van der Waals surface area (Å²) >= 11 is 0. The van der Waals surface area contributed by atoms with Gasteiger partial charge in [-0.3, -0.25) is 0 Å². The third-order valence-electron chi connectivity index (χ3n) is 1.64. The summed E-state index contributed by atoms with van der Waals surface area (Å²) in [7, 11) is 0. The Kier molecular flexibility index (Phi) is 3.24. The smallest absolute Gasteiger partial charge is 0.406 e. The lowest BCUT2D eigenvalue weighted by Crippen LogP contribution is -2.17. The van der Waals surface area contributed by atoms with E-state index in [-0.39, 0.29) is 5.75 Å². The van der Waals surface area contributed by atoms with Crippen molar-refractivity contribution in [3.8, 4) is 5.75 Å². The zero-order chi connectivity index (χ0) is 11.5. The molecule has 15 heavy (non-hydrogen) atoms. The summed E-state index contributed by atoms with van der Waals surface area (Å²) in [5.41, 5.74) is 6.46. The molecule has 0 aliphatic heterocycles. The van der Waals surface area contributed by atoms with E-state index >= 15 is 0 Å². The highest BCUT2D eigenvalue weighted by atomic mass is 19.4. The van der Waals surface area contributed by atoms with Crippen molar-refractivity contribution in [2.45, 2.75) is 13.3 Å². The van der Waals surface area contributed by atoms with E-state index in [0.717, 1.165) is 0 Å². The lowest BCUT2D eigenvalue weighted by Gasteiger charge is -2.10. The molecule has 0 fully saturated rings. The normalized spacial score (nSPS) is 12.0. The number of hydrogen-bond acceptors (Lipinski definition) is 2. The fourth-order valence-electron chi connectivity index (χ4n) is 1.07. The number of halogens is 3. The first-order valence-electron chi connectivity index (χ1n) is 4.20. The summed E-state index contributed by atoms with van der Waals surface area (Å²) in [6.45, 7) is 1.75. The number of nitrogens with two attached hydrogens (primary N) is 1. The van der Waals surface area contributed by atoms with Crippen LogP contribution in [-0.4, -0.2) is 6.36 Å². The summed E-state index contributed by atoms with van der Waals surface area (Å²) in [6, 6.07) is 3.79. The van der Waals surface area contributed by atoms with Crippen molar-refractivity contribution in [3.05, 3.63) is 29.8 Å². The van der Waals surface area contributed by atoms with Crippen LogP contribution in [0, 0.1) is 0 Å². The molecule has 2 nitrogen and oxygen atoms in total. The molecule has 0 aromatic heterocycles. The molecule has 0 amide bonds. The highest BCUT2D eigenvalue weighted by Crippen LogP contribution is 2.26. The minimum atomic E-state index is -4.68. The van der Waals surface area contributed by atoms with Crippen LogP contribution in [0.15, 0.2) is 24.3 Å². The average Bonchev–Trinajstić information content (AvgIpc) is 2.09. The highest BCUT2D eigenvalue weighted by molar-refractivity contribution is 5.65. The molecule has 1 rings (SSSR count). The van der Waals surface area contributed by atoms with Crippen molar-refractivity contribution >= 4 is 11.8 Å². The molecule has 1 aromatic rings. The molecular formula is C10H10F3NO. The van der Waals surface area contributed by atoms with Crippen molar-refractivity contribution in [1.29, 1.82) is 0 Å². The fourth-order valence-corrected chi connectivity index (χ4v) is 1.07. The summed E-state index contributed by atoms with van der Waals surface area (Å²) in [5, 5.41) is 0. The van der Waals surface area contributed by atoms with E-state index in [1.165, 1.54) is 18.2 Å². The number of benzene rings is 1. The molecule has 0 radical (unpaired) electrons. The van der Waals surface area contributed by atoms with Crippen LogP contribution in [0.1, 0.15) is 12.5 Å². The Morgan fingerprint density at radius 2 is 2.00 bits per heavy atom. The van der Waals surface area contributed by atoms with Gasteiger partial charge in [0.05, 0.1) is 0 Å². The predicted octanol–water partition coefficient (Wildman–Crippen LogP) is 3.20. The zero-order valence-electron chi connectivity index (χ0n) is 8.01. The molecule has 0 aliphatic carbocycles. The highest BCUT2D eigenvalue weighted by Gasteiger charge is 2.31. The molecule has 0 aliphatic rings. The van der Waals surface area contributed by atoms with Gasteiger partial charge in [0.15, 0.2) is 0 Å². The van der Waals surface area contributed by atoms with Crippen LogP contribution in [0.25, 0.3) is 6.08 Å². The van der Waals surface area contributed by atoms with Gasteiger partial charge in [-0.2, -0.15) is 0 Å². The van der Waals surface area contributed by atoms with Crippen LogP contribution >= 0.6 is 0 Å². The van der Waals surface area contributed by atoms with Gasteiger partial charge in [-0.05, 0) is 25.1 Å². The van der Waals surface area contributed by atoms with E-state index in [0.29, 0.717) is 11.3 Å². The van der Waals surface area contributed by atoms with E-state index in [1.807, 2.05) is 0 Å². The second-order valence-corrected chi connectivity index (χ2v) is 2.84. The molecule has 0 spiro atoms. The average molecular weight is 217 g/mol. The molecule has 0 atom stereocenters. The predicted molar refractivity (Wildman–Crippen MR) is 52.2 cm³/mol. The first-order valence-corrected chi connectivity index (χ1v) is 4.20.